The molecule has 2 aromatic rings. The fraction of sp³-hybridized carbons (Fsp3) is 0.438. The molecule has 22 heavy (non-hydrogen) atoms. The number of benzene rings is 1. The SMILES string of the molecule is CC1CCCCN1C(=O)CSc1nc2ccccc2c(=O)[nH]1. The van der Waals surface area contributed by atoms with Crippen molar-refractivity contribution >= 4 is 28.6 Å². The molecular weight excluding hydrogens is 298 g/mol. The molecule has 1 amide bonds. The largest absolute Gasteiger partial charge is 0.339 e. The lowest BCUT2D eigenvalue weighted by Gasteiger charge is -2.33. The minimum atomic E-state index is -0.160. The summed E-state index contributed by atoms with van der Waals surface area (Å²) in [5.41, 5.74) is 0.499. The number of fused-ring (bicyclic) bond motifs is 1. The molecule has 0 aliphatic carbocycles. The van der Waals surface area contributed by atoms with Gasteiger partial charge in [-0.2, -0.15) is 0 Å². The van der Waals surface area contributed by atoms with Gasteiger partial charge in [-0.1, -0.05) is 23.9 Å². The van der Waals surface area contributed by atoms with Crippen LogP contribution in [0.15, 0.2) is 34.2 Å². The molecule has 0 saturated carbocycles. The summed E-state index contributed by atoms with van der Waals surface area (Å²) in [6, 6.07) is 7.53. The number of aromatic amines is 1. The first-order valence-electron chi connectivity index (χ1n) is 7.56. The maximum Gasteiger partial charge on any atom is 0.259 e. The van der Waals surface area contributed by atoms with E-state index in [0.29, 0.717) is 27.9 Å². The number of aromatic nitrogens is 2. The van der Waals surface area contributed by atoms with Gasteiger partial charge in [0.05, 0.1) is 16.7 Å². The Bertz CT molecular complexity index is 743. The molecule has 1 fully saturated rings. The number of rotatable bonds is 3. The van der Waals surface area contributed by atoms with E-state index in [4.69, 9.17) is 0 Å². The second kappa shape index (κ2) is 6.52. The van der Waals surface area contributed by atoms with Crippen LogP contribution in [0.5, 0.6) is 0 Å². The Morgan fingerprint density at radius 2 is 2.23 bits per heavy atom. The number of hydrogen-bond acceptors (Lipinski definition) is 4. The lowest BCUT2D eigenvalue weighted by molar-refractivity contribution is -0.131. The van der Waals surface area contributed by atoms with Gasteiger partial charge in [0.25, 0.3) is 5.56 Å². The summed E-state index contributed by atoms with van der Waals surface area (Å²) in [6.45, 7) is 2.93. The number of likely N-dealkylation sites (tertiary alicyclic amines) is 1. The number of amides is 1. The fourth-order valence-corrected chi connectivity index (χ4v) is 3.57. The molecule has 1 saturated heterocycles. The van der Waals surface area contributed by atoms with Gasteiger partial charge in [0.1, 0.15) is 0 Å². The Hall–Kier alpha value is -1.82. The van der Waals surface area contributed by atoms with E-state index in [1.807, 2.05) is 23.1 Å². The number of para-hydroxylation sites is 1. The van der Waals surface area contributed by atoms with Gasteiger partial charge in [-0.15, -0.1) is 0 Å². The molecule has 0 spiro atoms. The average Bonchev–Trinajstić information content (AvgIpc) is 2.53. The third kappa shape index (κ3) is 3.16. The van der Waals surface area contributed by atoms with Crippen LogP contribution in [0.25, 0.3) is 10.9 Å². The zero-order valence-electron chi connectivity index (χ0n) is 12.5. The van der Waals surface area contributed by atoms with Crippen LogP contribution in [0.3, 0.4) is 0 Å². The van der Waals surface area contributed by atoms with Crippen LogP contribution in [0.2, 0.25) is 0 Å². The van der Waals surface area contributed by atoms with Crippen molar-refractivity contribution in [1.29, 1.82) is 0 Å². The molecule has 0 bridgehead atoms. The van der Waals surface area contributed by atoms with Crippen molar-refractivity contribution in [2.45, 2.75) is 37.4 Å². The second-order valence-electron chi connectivity index (χ2n) is 5.61. The summed E-state index contributed by atoms with van der Waals surface area (Å²) in [6.07, 6.45) is 3.34. The van der Waals surface area contributed by atoms with Crippen LogP contribution in [-0.4, -0.2) is 39.1 Å². The number of hydrogen-bond donors (Lipinski definition) is 1. The summed E-state index contributed by atoms with van der Waals surface area (Å²) >= 11 is 1.30. The van der Waals surface area contributed by atoms with Crippen LogP contribution < -0.4 is 5.56 Å². The summed E-state index contributed by atoms with van der Waals surface area (Å²) < 4.78 is 0. The number of H-pyrrole nitrogens is 1. The highest BCUT2D eigenvalue weighted by atomic mass is 32.2. The topological polar surface area (TPSA) is 66.1 Å². The molecule has 1 unspecified atom stereocenters. The molecule has 1 aliphatic rings. The molecule has 2 heterocycles. The van der Waals surface area contributed by atoms with E-state index in [1.54, 1.807) is 6.07 Å². The lowest BCUT2D eigenvalue weighted by Crippen LogP contribution is -2.43. The zero-order valence-corrected chi connectivity index (χ0v) is 13.4. The van der Waals surface area contributed by atoms with Gasteiger partial charge in [0.15, 0.2) is 5.16 Å². The molecule has 1 N–H and O–H groups in total. The van der Waals surface area contributed by atoms with Crippen LogP contribution in [-0.2, 0) is 4.79 Å². The predicted octanol–water partition coefficient (Wildman–Crippen LogP) is 2.42. The van der Waals surface area contributed by atoms with E-state index in [0.717, 1.165) is 19.4 Å². The number of thioether (sulfide) groups is 1. The van der Waals surface area contributed by atoms with Crippen molar-refractivity contribution in [1.82, 2.24) is 14.9 Å². The Labute approximate surface area is 133 Å². The number of nitrogens with one attached hydrogen (secondary N) is 1. The fourth-order valence-electron chi connectivity index (χ4n) is 2.81. The van der Waals surface area contributed by atoms with Crippen molar-refractivity contribution < 1.29 is 4.79 Å². The van der Waals surface area contributed by atoms with Gasteiger partial charge in [-0.3, -0.25) is 9.59 Å². The van der Waals surface area contributed by atoms with Crippen LogP contribution in [0, 0.1) is 0 Å². The predicted molar refractivity (Wildman–Crippen MR) is 88.1 cm³/mol. The van der Waals surface area contributed by atoms with Gasteiger partial charge in [-0.05, 0) is 38.3 Å². The highest BCUT2D eigenvalue weighted by Gasteiger charge is 2.23. The van der Waals surface area contributed by atoms with E-state index in [2.05, 4.69) is 16.9 Å². The standard InChI is InChI=1S/C16H19N3O2S/c1-11-6-4-5-9-19(11)14(20)10-22-16-17-13-8-3-2-7-12(13)15(21)18-16/h2-3,7-8,11H,4-6,9-10H2,1H3,(H,17,18,21). The highest BCUT2D eigenvalue weighted by molar-refractivity contribution is 7.99. The molecule has 1 aromatic carbocycles. The molecule has 5 nitrogen and oxygen atoms in total. The first-order valence-corrected chi connectivity index (χ1v) is 8.55. The summed E-state index contributed by atoms with van der Waals surface area (Å²) in [7, 11) is 0. The minimum Gasteiger partial charge on any atom is -0.339 e. The lowest BCUT2D eigenvalue weighted by atomic mass is 10.0. The van der Waals surface area contributed by atoms with Gasteiger partial charge in [-0.25, -0.2) is 4.98 Å². The van der Waals surface area contributed by atoms with Crippen molar-refractivity contribution in [3.8, 4) is 0 Å². The molecular formula is C16H19N3O2S. The van der Waals surface area contributed by atoms with E-state index < -0.39 is 0 Å². The Morgan fingerprint density at radius 1 is 1.41 bits per heavy atom. The summed E-state index contributed by atoms with van der Waals surface area (Å²) in [5, 5.41) is 1.07. The molecule has 1 aliphatic heterocycles. The highest BCUT2D eigenvalue weighted by Crippen LogP contribution is 2.20. The normalized spacial score (nSPS) is 18.6. The molecule has 1 aromatic heterocycles. The zero-order chi connectivity index (χ0) is 15.5. The third-order valence-electron chi connectivity index (χ3n) is 4.05. The Morgan fingerprint density at radius 3 is 3.05 bits per heavy atom. The van der Waals surface area contributed by atoms with Crippen LogP contribution in [0.4, 0.5) is 0 Å². The molecule has 0 radical (unpaired) electrons. The monoisotopic (exact) mass is 317 g/mol. The summed E-state index contributed by atoms with van der Waals surface area (Å²) in [4.78, 5) is 33.4. The van der Waals surface area contributed by atoms with Gasteiger partial charge in [0, 0.05) is 12.6 Å². The van der Waals surface area contributed by atoms with Gasteiger partial charge in [0.2, 0.25) is 5.91 Å². The molecule has 3 rings (SSSR count). The number of carbonyl (C=O) groups is 1. The molecule has 6 heteroatoms. The number of carbonyl (C=O) groups excluding carboxylic acids is 1. The van der Waals surface area contributed by atoms with E-state index in [-0.39, 0.29) is 11.5 Å². The third-order valence-corrected chi connectivity index (χ3v) is 4.90. The van der Waals surface area contributed by atoms with E-state index in [9.17, 15) is 9.59 Å². The van der Waals surface area contributed by atoms with Crippen LogP contribution in [0.1, 0.15) is 26.2 Å². The average molecular weight is 317 g/mol. The number of piperidine rings is 1. The Kier molecular flexibility index (Phi) is 4.47. The van der Waals surface area contributed by atoms with Crippen LogP contribution >= 0.6 is 11.8 Å². The van der Waals surface area contributed by atoms with Crippen molar-refractivity contribution in [2.24, 2.45) is 0 Å². The first kappa shape index (κ1) is 15.1. The molecule has 1 atom stereocenters. The maximum atomic E-state index is 12.3. The van der Waals surface area contributed by atoms with Gasteiger partial charge >= 0.3 is 0 Å². The van der Waals surface area contributed by atoms with Crippen molar-refractivity contribution in [2.75, 3.05) is 12.3 Å². The molecule has 116 valence electrons. The van der Waals surface area contributed by atoms with Gasteiger partial charge < -0.3 is 9.88 Å². The smallest absolute Gasteiger partial charge is 0.259 e. The Balaban J connectivity index is 1.71. The van der Waals surface area contributed by atoms with E-state index >= 15 is 0 Å². The quantitative estimate of drug-likeness (QED) is 0.697. The van der Waals surface area contributed by atoms with E-state index in [1.165, 1.54) is 18.2 Å². The summed E-state index contributed by atoms with van der Waals surface area (Å²) in [5.74, 6) is 0.430. The first-order chi connectivity index (χ1) is 10.6. The maximum absolute atomic E-state index is 12.3. The second-order valence-corrected chi connectivity index (χ2v) is 6.57. The minimum absolute atomic E-state index is 0.119. The van der Waals surface area contributed by atoms with Crippen molar-refractivity contribution in [3.05, 3.63) is 34.6 Å². The number of nitrogens with zero attached hydrogens (tertiary/aromatic N) is 2. The van der Waals surface area contributed by atoms with Crippen molar-refractivity contribution in [3.63, 3.8) is 0 Å².